The highest BCUT2D eigenvalue weighted by molar-refractivity contribution is 6.30. The number of rotatable bonds is 5. The molecule has 0 spiro atoms. The van der Waals surface area contributed by atoms with Crippen LogP contribution >= 0.6 is 11.6 Å². The number of carbonyl (C=O) groups excluding carboxylic acids is 1. The van der Waals surface area contributed by atoms with Crippen LogP contribution < -0.4 is 0 Å². The van der Waals surface area contributed by atoms with Crippen molar-refractivity contribution in [2.45, 2.75) is 26.9 Å². The van der Waals surface area contributed by atoms with Crippen LogP contribution in [-0.2, 0) is 0 Å². The van der Waals surface area contributed by atoms with Gasteiger partial charge in [-0.2, -0.15) is 0 Å². The maximum absolute atomic E-state index is 12.5. The van der Waals surface area contributed by atoms with Gasteiger partial charge in [-0.1, -0.05) is 28.9 Å². The summed E-state index contributed by atoms with van der Waals surface area (Å²) in [6.07, 6.45) is -0.869. The molecule has 1 aromatic carbocycles. The van der Waals surface area contributed by atoms with Crippen molar-refractivity contribution >= 4 is 17.5 Å². The number of carbonyl (C=O) groups is 1. The fourth-order valence-electron chi connectivity index (χ4n) is 2.31. The second-order valence-electron chi connectivity index (χ2n) is 4.93. The number of aliphatic hydroxyl groups is 1. The number of halogens is 1. The van der Waals surface area contributed by atoms with Gasteiger partial charge in [-0.15, -0.1) is 0 Å². The van der Waals surface area contributed by atoms with E-state index < -0.39 is 6.10 Å². The monoisotopic (exact) mass is 322 g/mol. The quantitative estimate of drug-likeness (QED) is 0.914. The molecule has 118 valence electrons. The lowest BCUT2D eigenvalue weighted by Crippen LogP contribution is -2.31. The first-order valence-corrected chi connectivity index (χ1v) is 7.60. The smallest absolute Gasteiger partial charge is 0.292 e. The SMILES string of the molecule is CCN(CC)C(=O)c1onc(-c2ccc(Cl)cc2)c1C(C)O. The summed E-state index contributed by atoms with van der Waals surface area (Å²) in [5, 5.41) is 14.7. The van der Waals surface area contributed by atoms with Crippen molar-refractivity contribution in [2.75, 3.05) is 13.1 Å². The van der Waals surface area contributed by atoms with E-state index in [0.29, 0.717) is 29.4 Å². The van der Waals surface area contributed by atoms with Gasteiger partial charge >= 0.3 is 0 Å². The summed E-state index contributed by atoms with van der Waals surface area (Å²) in [5.74, 6) is -0.183. The normalized spacial score (nSPS) is 12.2. The fraction of sp³-hybridized carbons (Fsp3) is 0.375. The fourth-order valence-corrected chi connectivity index (χ4v) is 2.44. The molecule has 5 nitrogen and oxygen atoms in total. The first kappa shape index (κ1) is 16.5. The molecule has 2 rings (SSSR count). The third kappa shape index (κ3) is 3.15. The summed E-state index contributed by atoms with van der Waals surface area (Å²) in [6, 6.07) is 7.00. The summed E-state index contributed by atoms with van der Waals surface area (Å²) in [7, 11) is 0. The highest BCUT2D eigenvalue weighted by atomic mass is 35.5. The lowest BCUT2D eigenvalue weighted by molar-refractivity contribution is 0.0722. The molecule has 1 amide bonds. The number of aliphatic hydroxyl groups excluding tert-OH is 1. The zero-order valence-electron chi connectivity index (χ0n) is 12.8. The predicted molar refractivity (Wildman–Crippen MR) is 84.8 cm³/mol. The highest BCUT2D eigenvalue weighted by Crippen LogP contribution is 2.31. The average Bonchev–Trinajstić information content (AvgIpc) is 2.94. The van der Waals surface area contributed by atoms with Crippen LogP contribution in [0.2, 0.25) is 5.02 Å². The van der Waals surface area contributed by atoms with E-state index in [2.05, 4.69) is 5.16 Å². The predicted octanol–water partition coefficient (Wildman–Crippen LogP) is 3.53. The molecule has 1 unspecified atom stereocenters. The minimum Gasteiger partial charge on any atom is -0.388 e. The van der Waals surface area contributed by atoms with Gasteiger partial charge in [-0.25, -0.2) is 0 Å². The number of aromatic nitrogens is 1. The molecule has 1 N–H and O–H groups in total. The van der Waals surface area contributed by atoms with E-state index in [1.807, 2.05) is 13.8 Å². The summed E-state index contributed by atoms with van der Waals surface area (Å²) < 4.78 is 5.25. The maximum Gasteiger partial charge on any atom is 0.292 e. The van der Waals surface area contributed by atoms with Gasteiger partial charge in [0.15, 0.2) is 0 Å². The molecule has 2 aromatic rings. The lowest BCUT2D eigenvalue weighted by Gasteiger charge is -2.17. The molecule has 1 heterocycles. The van der Waals surface area contributed by atoms with Crippen molar-refractivity contribution in [2.24, 2.45) is 0 Å². The van der Waals surface area contributed by atoms with Gasteiger partial charge in [0, 0.05) is 23.7 Å². The van der Waals surface area contributed by atoms with E-state index in [1.54, 1.807) is 36.1 Å². The molecule has 6 heteroatoms. The minimum absolute atomic E-state index is 0.0867. The molecule has 1 aromatic heterocycles. The van der Waals surface area contributed by atoms with Gasteiger partial charge in [0.1, 0.15) is 5.69 Å². The first-order chi connectivity index (χ1) is 10.5. The molecular formula is C16H19ClN2O3. The second-order valence-corrected chi connectivity index (χ2v) is 5.37. The third-order valence-electron chi connectivity index (χ3n) is 3.51. The molecule has 22 heavy (non-hydrogen) atoms. The molecule has 0 saturated carbocycles. The Morgan fingerprint density at radius 1 is 1.32 bits per heavy atom. The van der Waals surface area contributed by atoms with Crippen LogP contribution in [-0.4, -0.2) is 34.2 Å². The zero-order valence-corrected chi connectivity index (χ0v) is 13.6. The van der Waals surface area contributed by atoms with Crippen molar-refractivity contribution in [1.29, 1.82) is 0 Å². The summed E-state index contributed by atoms with van der Waals surface area (Å²) in [4.78, 5) is 14.1. The Balaban J connectivity index is 2.50. The van der Waals surface area contributed by atoms with Crippen molar-refractivity contribution in [3.8, 4) is 11.3 Å². The van der Waals surface area contributed by atoms with Crippen LogP contribution in [0, 0.1) is 0 Å². The van der Waals surface area contributed by atoms with Crippen LogP contribution in [0.15, 0.2) is 28.8 Å². The van der Waals surface area contributed by atoms with Crippen molar-refractivity contribution in [3.63, 3.8) is 0 Å². The number of hydrogen-bond acceptors (Lipinski definition) is 4. The summed E-state index contributed by atoms with van der Waals surface area (Å²) in [6.45, 7) is 6.49. The van der Waals surface area contributed by atoms with E-state index in [4.69, 9.17) is 16.1 Å². The van der Waals surface area contributed by atoms with Crippen molar-refractivity contribution in [3.05, 3.63) is 40.6 Å². The van der Waals surface area contributed by atoms with Gasteiger partial charge in [0.05, 0.1) is 11.7 Å². The molecule has 0 bridgehead atoms. The molecule has 0 aliphatic carbocycles. The summed E-state index contributed by atoms with van der Waals surface area (Å²) in [5.41, 5.74) is 1.60. The van der Waals surface area contributed by atoms with Crippen LogP contribution in [0.1, 0.15) is 43.0 Å². The molecular weight excluding hydrogens is 304 g/mol. The van der Waals surface area contributed by atoms with Crippen molar-refractivity contribution in [1.82, 2.24) is 10.1 Å². The highest BCUT2D eigenvalue weighted by Gasteiger charge is 2.28. The molecule has 0 aliphatic rings. The van der Waals surface area contributed by atoms with Crippen LogP contribution in [0.25, 0.3) is 11.3 Å². The maximum atomic E-state index is 12.5. The Hall–Kier alpha value is -1.85. The van der Waals surface area contributed by atoms with Crippen LogP contribution in [0.4, 0.5) is 0 Å². The molecule has 0 radical (unpaired) electrons. The standard InChI is InChI=1S/C16H19ClN2O3/c1-4-19(5-2)16(21)15-13(10(3)20)14(18-22-15)11-6-8-12(17)9-7-11/h6-10,20H,4-5H2,1-3H3. The van der Waals surface area contributed by atoms with Gasteiger partial charge in [-0.3, -0.25) is 4.79 Å². The number of benzene rings is 1. The van der Waals surface area contributed by atoms with Gasteiger partial charge < -0.3 is 14.5 Å². The third-order valence-corrected chi connectivity index (χ3v) is 3.76. The number of hydrogen-bond donors (Lipinski definition) is 1. The summed E-state index contributed by atoms with van der Waals surface area (Å²) >= 11 is 5.88. The first-order valence-electron chi connectivity index (χ1n) is 7.22. The van der Waals surface area contributed by atoms with E-state index in [1.165, 1.54) is 0 Å². The Labute approximate surface area is 134 Å². The Bertz CT molecular complexity index is 646. The molecule has 0 aliphatic heterocycles. The Morgan fingerprint density at radius 3 is 2.41 bits per heavy atom. The minimum atomic E-state index is -0.869. The van der Waals surface area contributed by atoms with Crippen LogP contribution in [0.5, 0.6) is 0 Å². The lowest BCUT2D eigenvalue weighted by atomic mass is 10.0. The molecule has 0 saturated heterocycles. The molecule has 1 atom stereocenters. The second kappa shape index (κ2) is 6.94. The van der Waals surface area contributed by atoms with E-state index >= 15 is 0 Å². The molecule has 0 fully saturated rings. The van der Waals surface area contributed by atoms with Gasteiger partial charge in [0.2, 0.25) is 5.76 Å². The number of amides is 1. The van der Waals surface area contributed by atoms with Gasteiger partial charge in [-0.05, 0) is 32.9 Å². The average molecular weight is 323 g/mol. The van der Waals surface area contributed by atoms with E-state index in [-0.39, 0.29) is 11.7 Å². The Kier molecular flexibility index (Phi) is 5.21. The largest absolute Gasteiger partial charge is 0.388 e. The number of nitrogens with zero attached hydrogens (tertiary/aromatic N) is 2. The zero-order chi connectivity index (χ0) is 16.3. The van der Waals surface area contributed by atoms with E-state index in [0.717, 1.165) is 5.56 Å². The Morgan fingerprint density at radius 2 is 1.91 bits per heavy atom. The van der Waals surface area contributed by atoms with E-state index in [9.17, 15) is 9.90 Å². The topological polar surface area (TPSA) is 66.6 Å². The van der Waals surface area contributed by atoms with Crippen LogP contribution in [0.3, 0.4) is 0 Å². The van der Waals surface area contributed by atoms with Gasteiger partial charge in [0.25, 0.3) is 5.91 Å². The van der Waals surface area contributed by atoms with Crippen molar-refractivity contribution < 1.29 is 14.4 Å².